The van der Waals surface area contributed by atoms with Gasteiger partial charge in [-0.25, -0.2) is 9.37 Å². The molecule has 2 amide bonds. The van der Waals surface area contributed by atoms with Crippen LogP contribution in [-0.4, -0.2) is 41.3 Å². The van der Waals surface area contributed by atoms with Gasteiger partial charge in [-0.05, 0) is 42.5 Å². The molecule has 1 fully saturated rings. The van der Waals surface area contributed by atoms with Crippen LogP contribution >= 0.6 is 11.3 Å². The van der Waals surface area contributed by atoms with E-state index in [-0.39, 0.29) is 24.1 Å². The highest BCUT2D eigenvalue weighted by molar-refractivity contribution is 7.13. The molecule has 3 aromatic rings. The molecule has 1 saturated heterocycles. The van der Waals surface area contributed by atoms with Gasteiger partial charge in [0.05, 0.1) is 12.1 Å². The summed E-state index contributed by atoms with van der Waals surface area (Å²) in [7, 11) is 0. The van der Waals surface area contributed by atoms with Crippen molar-refractivity contribution in [3.63, 3.8) is 0 Å². The van der Waals surface area contributed by atoms with Crippen molar-refractivity contribution >= 4 is 23.2 Å². The molecule has 2 aliphatic heterocycles. The summed E-state index contributed by atoms with van der Waals surface area (Å²) in [5.74, 6) is 0.492. The van der Waals surface area contributed by atoms with Crippen molar-refractivity contribution in [1.82, 2.24) is 15.2 Å². The number of nitrogens with zero attached hydrogens (tertiary/aromatic N) is 2. The van der Waals surface area contributed by atoms with Crippen LogP contribution in [0.1, 0.15) is 40.4 Å². The molecule has 0 spiro atoms. The Morgan fingerprint density at radius 1 is 1.09 bits per heavy atom. The first-order valence-corrected chi connectivity index (χ1v) is 11.8. The zero-order valence-electron chi connectivity index (χ0n) is 17.6. The smallest absolute Gasteiger partial charge is 0.251 e. The van der Waals surface area contributed by atoms with E-state index in [9.17, 15) is 14.0 Å². The van der Waals surface area contributed by atoms with Crippen LogP contribution < -0.4 is 5.32 Å². The topological polar surface area (TPSA) is 62.3 Å². The van der Waals surface area contributed by atoms with Crippen molar-refractivity contribution in [1.29, 1.82) is 0 Å². The Bertz CT molecular complexity index is 1150. The minimum atomic E-state index is -0.303. The monoisotopic (exact) mass is 449 g/mol. The maximum atomic E-state index is 14.0. The normalized spacial score (nSPS) is 18.8. The molecule has 7 heteroatoms. The summed E-state index contributed by atoms with van der Waals surface area (Å²) in [6.07, 6.45) is 2.06. The van der Waals surface area contributed by atoms with Crippen LogP contribution in [0.5, 0.6) is 0 Å². The molecule has 5 rings (SSSR count). The fourth-order valence-electron chi connectivity index (χ4n) is 4.82. The number of rotatable bonds is 4. The third-order valence-electron chi connectivity index (χ3n) is 6.54. The maximum Gasteiger partial charge on any atom is 0.251 e. The number of hydrogen-bond donors (Lipinski definition) is 1. The third-order valence-corrected chi connectivity index (χ3v) is 7.46. The van der Waals surface area contributed by atoms with Crippen molar-refractivity contribution < 1.29 is 14.0 Å². The molecular formula is C25H24FN3O2S. The fourth-order valence-corrected chi connectivity index (χ4v) is 5.67. The first kappa shape index (κ1) is 20.8. The highest BCUT2D eigenvalue weighted by Crippen LogP contribution is 2.36. The van der Waals surface area contributed by atoms with Gasteiger partial charge in [0.1, 0.15) is 10.8 Å². The van der Waals surface area contributed by atoms with Crippen LogP contribution in [0.25, 0.3) is 10.6 Å². The van der Waals surface area contributed by atoms with Gasteiger partial charge in [-0.15, -0.1) is 11.3 Å². The van der Waals surface area contributed by atoms with Gasteiger partial charge in [0.15, 0.2) is 0 Å². The van der Waals surface area contributed by atoms with E-state index in [1.807, 2.05) is 28.5 Å². The van der Waals surface area contributed by atoms with Crippen molar-refractivity contribution in [3.05, 3.63) is 76.5 Å². The van der Waals surface area contributed by atoms with Gasteiger partial charge in [-0.2, -0.15) is 0 Å². The summed E-state index contributed by atoms with van der Waals surface area (Å²) < 4.78 is 14.0. The van der Waals surface area contributed by atoms with E-state index >= 15 is 0 Å². The van der Waals surface area contributed by atoms with Crippen molar-refractivity contribution in [2.24, 2.45) is 5.92 Å². The van der Waals surface area contributed by atoms with E-state index in [4.69, 9.17) is 0 Å². The highest BCUT2D eigenvalue weighted by atomic mass is 32.1. The number of fused-ring (bicyclic) bond motifs is 1. The van der Waals surface area contributed by atoms with E-state index in [1.54, 1.807) is 18.2 Å². The molecule has 164 valence electrons. The molecule has 32 heavy (non-hydrogen) atoms. The first-order chi connectivity index (χ1) is 15.6. The molecule has 0 aliphatic carbocycles. The minimum Gasteiger partial charge on any atom is -0.351 e. The molecule has 1 N–H and O–H groups in total. The summed E-state index contributed by atoms with van der Waals surface area (Å²) in [6, 6.07) is 14.4. The highest BCUT2D eigenvalue weighted by Gasteiger charge is 2.34. The number of aromatic nitrogens is 1. The predicted molar refractivity (Wildman–Crippen MR) is 122 cm³/mol. The van der Waals surface area contributed by atoms with Crippen molar-refractivity contribution in [2.45, 2.75) is 25.2 Å². The summed E-state index contributed by atoms with van der Waals surface area (Å²) in [5.41, 5.74) is 3.06. The second-order valence-electron chi connectivity index (χ2n) is 8.42. The van der Waals surface area contributed by atoms with Gasteiger partial charge in [0.2, 0.25) is 5.91 Å². The maximum absolute atomic E-state index is 14.0. The number of carbonyl (C=O) groups excluding carboxylic acids is 2. The average molecular weight is 450 g/mol. The van der Waals surface area contributed by atoms with Gasteiger partial charge in [0, 0.05) is 42.1 Å². The third kappa shape index (κ3) is 4.05. The standard InChI is InChI=1S/C25H24FN3O2S/c26-22-8-4-3-7-20(22)25-28-17(15-32-25)13-23(30)29-11-9-16(10-12-29)21-14-27-24(31)19-6-2-1-5-18(19)21/h1-8,15-16,21H,9-14H2,(H,27,31)/t21-/m1/s1. The largest absolute Gasteiger partial charge is 0.351 e. The number of thiazole rings is 1. The molecule has 0 bridgehead atoms. The number of likely N-dealkylation sites (tertiary alicyclic amines) is 1. The zero-order chi connectivity index (χ0) is 22.1. The Balaban J connectivity index is 1.20. The second kappa shape index (κ2) is 8.82. The summed E-state index contributed by atoms with van der Waals surface area (Å²) in [5, 5.41) is 5.46. The summed E-state index contributed by atoms with van der Waals surface area (Å²) in [6.45, 7) is 2.08. The number of halogens is 1. The quantitative estimate of drug-likeness (QED) is 0.648. The Hall–Kier alpha value is -3.06. The Labute approximate surface area is 190 Å². The van der Waals surface area contributed by atoms with E-state index in [1.165, 1.54) is 17.4 Å². The van der Waals surface area contributed by atoms with E-state index in [0.29, 0.717) is 47.7 Å². The lowest BCUT2D eigenvalue weighted by molar-refractivity contribution is -0.132. The van der Waals surface area contributed by atoms with Crippen LogP contribution in [0.2, 0.25) is 0 Å². The minimum absolute atomic E-state index is 0.00230. The average Bonchev–Trinajstić information content (AvgIpc) is 3.28. The van der Waals surface area contributed by atoms with E-state index in [0.717, 1.165) is 24.0 Å². The Kier molecular flexibility index (Phi) is 5.74. The lowest BCUT2D eigenvalue weighted by atomic mass is 9.76. The van der Waals surface area contributed by atoms with Gasteiger partial charge in [0.25, 0.3) is 5.91 Å². The molecule has 0 radical (unpaired) electrons. The van der Waals surface area contributed by atoms with Crippen LogP contribution in [0.15, 0.2) is 53.9 Å². The molecule has 2 aliphatic rings. The molecular weight excluding hydrogens is 425 g/mol. The SMILES string of the molecule is O=C1NC[C@H](C2CCN(C(=O)Cc3csc(-c4ccccc4F)n3)CC2)c2ccccc21. The predicted octanol–water partition coefficient (Wildman–Crippen LogP) is 4.26. The van der Waals surface area contributed by atoms with Gasteiger partial charge in [-0.1, -0.05) is 30.3 Å². The molecule has 1 atom stereocenters. The van der Waals surface area contributed by atoms with Crippen LogP contribution in [0.4, 0.5) is 4.39 Å². The molecule has 1 aromatic heterocycles. The number of nitrogens with one attached hydrogen (secondary N) is 1. The number of hydrogen-bond acceptors (Lipinski definition) is 4. The van der Waals surface area contributed by atoms with Gasteiger partial charge >= 0.3 is 0 Å². The van der Waals surface area contributed by atoms with Crippen molar-refractivity contribution in [2.75, 3.05) is 19.6 Å². The van der Waals surface area contributed by atoms with E-state index < -0.39 is 0 Å². The lowest BCUT2D eigenvalue weighted by Crippen LogP contribution is -2.44. The molecule has 2 aromatic carbocycles. The Morgan fingerprint density at radius 2 is 1.81 bits per heavy atom. The van der Waals surface area contributed by atoms with Gasteiger partial charge < -0.3 is 10.2 Å². The Morgan fingerprint density at radius 3 is 2.59 bits per heavy atom. The van der Waals surface area contributed by atoms with E-state index in [2.05, 4.69) is 16.4 Å². The molecule has 0 saturated carbocycles. The second-order valence-corrected chi connectivity index (χ2v) is 9.28. The van der Waals surface area contributed by atoms with Crippen LogP contribution in [0.3, 0.4) is 0 Å². The molecule has 0 unspecified atom stereocenters. The number of amides is 2. The number of piperidine rings is 1. The number of carbonyl (C=O) groups is 2. The van der Waals surface area contributed by atoms with Crippen LogP contribution in [-0.2, 0) is 11.2 Å². The molecule has 3 heterocycles. The lowest BCUT2D eigenvalue weighted by Gasteiger charge is -2.38. The molecule has 5 nitrogen and oxygen atoms in total. The van der Waals surface area contributed by atoms with Crippen molar-refractivity contribution in [3.8, 4) is 10.6 Å². The number of benzene rings is 2. The fraction of sp³-hybridized carbons (Fsp3) is 0.320. The zero-order valence-corrected chi connectivity index (χ0v) is 18.4. The summed E-state index contributed by atoms with van der Waals surface area (Å²) in [4.78, 5) is 31.4. The summed E-state index contributed by atoms with van der Waals surface area (Å²) >= 11 is 1.36. The van der Waals surface area contributed by atoms with Gasteiger partial charge in [-0.3, -0.25) is 9.59 Å². The first-order valence-electron chi connectivity index (χ1n) is 10.9. The van der Waals surface area contributed by atoms with Crippen LogP contribution in [0, 0.1) is 11.7 Å².